The second-order valence-corrected chi connectivity index (χ2v) is 9.08. The van der Waals surface area contributed by atoms with Crippen molar-refractivity contribution in [1.29, 1.82) is 0 Å². The number of aromatic nitrogens is 3. The van der Waals surface area contributed by atoms with Gasteiger partial charge in [0.05, 0.1) is 11.6 Å². The molecule has 1 aliphatic rings. The smallest absolute Gasteiger partial charge is 0.410 e. The van der Waals surface area contributed by atoms with Crippen molar-refractivity contribution in [2.45, 2.75) is 65.1 Å². The molecule has 1 amide bonds. The zero-order chi connectivity index (χ0) is 22.2. The molecule has 0 N–H and O–H groups in total. The number of amides is 1. The molecule has 0 aromatic carbocycles. The van der Waals surface area contributed by atoms with Crippen LogP contribution < -0.4 is 10.6 Å². The van der Waals surface area contributed by atoms with Crippen molar-refractivity contribution in [2.75, 3.05) is 18.0 Å². The van der Waals surface area contributed by atoms with E-state index >= 15 is 0 Å². The molecule has 1 fully saturated rings. The van der Waals surface area contributed by atoms with Gasteiger partial charge in [0.1, 0.15) is 16.3 Å². The molecular formula is C21H30ClN5O3. The lowest BCUT2D eigenvalue weighted by molar-refractivity contribution is 0.00983. The summed E-state index contributed by atoms with van der Waals surface area (Å²) in [5, 5.41) is 0.344. The van der Waals surface area contributed by atoms with Crippen LogP contribution in [0.5, 0.6) is 0 Å². The minimum absolute atomic E-state index is 0.0242. The van der Waals surface area contributed by atoms with E-state index < -0.39 is 5.60 Å². The van der Waals surface area contributed by atoms with Crippen molar-refractivity contribution in [1.82, 2.24) is 19.4 Å². The van der Waals surface area contributed by atoms with Gasteiger partial charge in [0.2, 0.25) is 0 Å². The van der Waals surface area contributed by atoms with Crippen LogP contribution in [-0.4, -0.2) is 56.3 Å². The summed E-state index contributed by atoms with van der Waals surface area (Å²) in [6.45, 7) is 10.7. The monoisotopic (exact) mass is 435 g/mol. The van der Waals surface area contributed by atoms with Gasteiger partial charge in [-0.05, 0) is 45.7 Å². The molecule has 1 aliphatic heterocycles. The minimum atomic E-state index is -0.557. The number of anilines is 1. The number of aryl methyl sites for hydroxylation is 1. The Morgan fingerprint density at radius 2 is 1.83 bits per heavy atom. The maximum atomic E-state index is 12.8. The second kappa shape index (κ2) is 8.41. The number of fused-ring (bicyclic) bond motifs is 1. The van der Waals surface area contributed by atoms with E-state index in [1.54, 1.807) is 24.1 Å². The molecule has 9 heteroatoms. The number of halogens is 1. The molecule has 2 unspecified atom stereocenters. The first-order chi connectivity index (χ1) is 14.1. The molecule has 0 saturated carbocycles. The maximum Gasteiger partial charge on any atom is 0.410 e. The fraction of sp³-hybridized carbons (Fsp3) is 0.619. The Bertz CT molecular complexity index is 1000. The lowest BCUT2D eigenvalue weighted by Gasteiger charge is -2.46. The quantitative estimate of drug-likeness (QED) is 0.685. The van der Waals surface area contributed by atoms with Crippen molar-refractivity contribution < 1.29 is 9.53 Å². The standard InChI is InChI=1S/C21H30ClN5O3/c1-7-13-12-27(20(29)30-21(3,4)5)14(8-2)11-26(13)18-17-15(9-10-16(22)23-17)25(6)19(28)24-18/h9-10,13-14H,7-8,11-12H2,1-6H3. The summed E-state index contributed by atoms with van der Waals surface area (Å²) >= 11 is 6.16. The maximum absolute atomic E-state index is 12.8. The molecule has 1 saturated heterocycles. The van der Waals surface area contributed by atoms with Gasteiger partial charge in [0.25, 0.3) is 0 Å². The summed E-state index contributed by atoms with van der Waals surface area (Å²) in [6, 6.07) is 3.36. The number of hydrogen-bond acceptors (Lipinski definition) is 6. The van der Waals surface area contributed by atoms with Gasteiger partial charge in [0, 0.05) is 26.2 Å². The predicted octanol–water partition coefficient (Wildman–Crippen LogP) is 3.60. The van der Waals surface area contributed by atoms with Crippen molar-refractivity contribution in [3.05, 3.63) is 27.8 Å². The summed E-state index contributed by atoms with van der Waals surface area (Å²) in [6.07, 6.45) is 1.22. The van der Waals surface area contributed by atoms with E-state index in [0.29, 0.717) is 35.1 Å². The molecule has 2 atom stereocenters. The summed E-state index contributed by atoms with van der Waals surface area (Å²) in [7, 11) is 1.67. The van der Waals surface area contributed by atoms with Crippen LogP contribution in [-0.2, 0) is 11.8 Å². The summed E-state index contributed by atoms with van der Waals surface area (Å²) in [4.78, 5) is 38.1. The molecule has 2 aromatic rings. The lowest BCUT2D eigenvalue weighted by atomic mass is 10.0. The Kier molecular flexibility index (Phi) is 6.26. The first-order valence-corrected chi connectivity index (χ1v) is 10.7. The zero-order valence-electron chi connectivity index (χ0n) is 18.5. The van der Waals surface area contributed by atoms with Gasteiger partial charge >= 0.3 is 11.8 Å². The topological polar surface area (TPSA) is 80.6 Å². The molecule has 164 valence electrons. The van der Waals surface area contributed by atoms with Crippen LogP contribution in [0.15, 0.2) is 16.9 Å². The third kappa shape index (κ3) is 4.38. The molecular weight excluding hydrogens is 406 g/mol. The highest BCUT2D eigenvalue weighted by Crippen LogP contribution is 2.30. The lowest BCUT2D eigenvalue weighted by Crippen LogP contribution is -2.60. The number of pyridine rings is 1. The Balaban J connectivity index is 2.04. The highest BCUT2D eigenvalue weighted by atomic mass is 35.5. The molecule has 3 heterocycles. The highest BCUT2D eigenvalue weighted by Gasteiger charge is 2.38. The first-order valence-electron chi connectivity index (χ1n) is 10.3. The number of piperazine rings is 1. The molecule has 8 nitrogen and oxygen atoms in total. The molecule has 0 radical (unpaired) electrons. The largest absolute Gasteiger partial charge is 0.444 e. The fourth-order valence-corrected chi connectivity index (χ4v) is 3.98. The van der Waals surface area contributed by atoms with Crippen molar-refractivity contribution in [3.63, 3.8) is 0 Å². The van der Waals surface area contributed by atoms with E-state index in [0.717, 1.165) is 12.8 Å². The van der Waals surface area contributed by atoms with E-state index in [9.17, 15) is 9.59 Å². The van der Waals surface area contributed by atoms with Crippen LogP contribution in [0, 0.1) is 0 Å². The van der Waals surface area contributed by atoms with Crippen LogP contribution in [0.25, 0.3) is 11.0 Å². The van der Waals surface area contributed by atoms with Crippen LogP contribution in [0.1, 0.15) is 47.5 Å². The number of ether oxygens (including phenoxy) is 1. The molecule has 0 bridgehead atoms. The molecule has 2 aromatic heterocycles. The SMILES string of the molecule is CCC1CN(c2nc(=O)n(C)c3ccc(Cl)nc23)C(CC)CN1C(=O)OC(C)(C)C. The van der Waals surface area contributed by atoms with Gasteiger partial charge in [0.15, 0.2) is 5.82 Å². The van der Waals surface area contributed by atoms with E-state index in [1.807, 2.05) is 27.7 Å². The number of carbonyl (C=O) groups is 1. The van der Waals surface area contributed by atoms with Crippen LogP contribution >= 0.6 is 11.6 Å². The minimum Gasteiger partial charge on any atom is -0.444 e. The Morgan fingerprint density at radius 1 is 1.17 bits per heavy atom. The van der Waals surface area contributed by atoms with Crippen molar-refractivity contribution >= 4 is 34.5 Å². The fourth-order valence-electron chi connectivity index (χ4n) is 3.84. The Hall–Kier alpha value is -2.35. The van der Waals surface area contributed by atoms with Gasteiger partial charge in [-0.25, -0.2) is 14.6 Å². The molecule has 3 rings (SSSR count). The van der Waals surface area contributed by atoms with Gasteiger partial charge in [-0.2, -0.15) is 4.98 Å². The molecule has 30 heavy (non-hydrogen) atoms. The van der Waals surface area contributed by atoms with Gasteiger partial charge < -0.3 is 14.5 Å². The third-order valence-corrected chi connectivity index (χ3v) is 5.65. The second-order valence-electron chi connectivity index (χ2n) is 8.69. The van der Waals surface area contributed by atoms with Gasteiger partial charge in [-0.3, -0.25) is 4.57 Å². The van der Waals surface area contributed by atoms with Gasteiger partial charge in [-0.15, -0.1) is 0 Å². The zero-order valence-corrected chi connectivity index (χ0v) is 19.2. The normalized spacial score (nSPS) is 20.0. The summed E-state index contributed by atoms with van der Waals surface area (Å²) < 4.78 is 7.10. The van der Waals surface area contributed by atoms with E-state index in [-0.39, 0.29) is 23.9 Å². The van der Waals surface area contributed by atoms with Gasteiger partial charge in [-0.1, -0.05) is 25.4 Å². The Morgan fingerprint density at radius 3 is 2.43 bits per heavy atom. The predicted molar refractivity (Wildman–Crippen MR) is 118 cm³/mol. The highest BCUT2D eigenvalue weighted by molar-refractivity contribution is 6.29. The van der Waals surface area contributed by atoms with Crippen LogP contribution in [0.3, 0.4) is 0 Å². The van der Waals surface area contributed by atoms with E-state index in [4.69, 9.17) is 16.3 Å². The van der Waals surface area contributed by atoms with Crippen LogP contribution in [0.4, 0.5) is 10.6 Å². The van der Waals surface area contributed by atoms with Crippen molar-refractivity contribution in [3.8, 4) is 0 Å². The van der Waals surface area contributed by atoms with E-state index in [1.165, 1.54) is 4.57 Å². The van der Waals surface area contributed by atoms with Crippen molar-refractivity contribution in [2.24, 2.45) is 7.05 Å². The number of nitrogens with zero attached hydrogens (tertiary/aromatic N) is 5. The van der Waals surface area contributed by atoms with E-state index in [2.05, 4.69) is 21.8 Å². The first kappa shape index (κ1) is 22.3. The molecule has 0 aliphatic carbocycles. The average molecular weight is 436 g/mol. The number of carbonyl (C=O) groups excluding carboxylic acids is 1. The average Bonchev–Trinajstić information content (AvgIpc) is 2.68. The Labute approximate surface area is 181 Å². The molecule has 0 spiro atoms. The summed E-state index contributed by atoms with van der Waals surface area (Å²) in [5.41, 5.74) is 0.354. The third-order valence-electron chi connectivity index (χ3n) is 5.44. The number of rotatable bonds is 3. The number of hydrogen-bond donors (Lipinski definition) is 0. The van der Waals surface area contributed by atoms with Crippen LogP contribution in [0.2, 0.25) is 5.15 Å². The summed E-state index contributed by atoms with van der Waals surface area (Å²) in [5.74, 6) is 0.518.